The number of benzene rings is 1. The Kier molecular flexibility index (Phi) is 7.41. The van der Waals surface area contributed by atoms with Crippen LogP contribution < -0.4 is 14.4 Å². The van der Waals surface area contributed by atoms with Crippen molar-refractivity contribution in [2.75, 3.05) is 45.4 Å². The highest BCUT2D eigenvalue weighted by atomic mass is 32.1. The van der Waals surface area contributed by atoms with Crippen LogP contribution in [0.15, 0.2) is 18.2 Å². The molecule has 0 aliphatic carbocycles. The molecular formula is C25H37N5O3S. The first-order chi connectivity index (χ1) is 16.7. The molecule has 2 atom stereocenters. The van der Waals surface area contributed by atoms with Gasteiger partial charge in [-0.05, 0) is 63.2 Å². The number of hydrogen-bond donors (Lipinski definition) is 0. The van der Waals surface area contributed by atoms with Gasteiger partial charge in [0.05, 0.1) is 33.5 Å². The molecule has 0 bridgehead atoms. The second-order valence-electron chi connectivity index (χ2n) is 9.60. The van der Waals surface area contributed by atoms with E-state index in [-0.39, 0.29) is 12.1 Å². The molecule has 5 rings (SSSR count). The number of ether oxygens (including phenoxy) is 3. The summed E-state index contributed by atoms with van der Waals surface area (Å²) in [4.78, 5) is 4.89. The molecule has 0 spiro atoms. The minimum Gasteiger partial charge on any atom is -0.497 e. The van der Waals surface area contributed by atoms with Gasteiger partial charge in [-0.3, -0.25) is 9.47 Å². The van der Waals surface area contributed by atoms with Crippen LogP contribution in [0.25, 0.3) is 0 Å². The van der Waals surface area contributed by atoms with Crippen LogP contribution in [0.3, 0.4) is 0 Å². The van der Waals surface area contributed by atoms with E-state index in [0.29, 0.717) is 6.67 Å². The summed E-state index contributed by atoms with van der Waals surface area (Å²) in [6, 6.07) is 6.40. The molecule has 0 amide bonds. The van der Waals surface area contributed by atoms with E-state index in [9.17, 15) is 0 Å². The minimum atomic E-state index is 0.232. The van der Waals surface area contributed by atoms with Gasteiger partial charge in [0.15, 0.2) is 0 Å². The van der Waals surface area contributed by atoms with E-state index in [4.69, 9.17) is 31.5 Å². The number of nitrogens with zero attached hydrogens (tertiary/aromatic N) is 5. The molecule has 1 aromatic heterocycles. The third-order valence-corrected chi connectivity index (χ3v) is 7.86. The summed E-state index contributed by atoms with van der Waals surface area (Å²) in [5.41, 5.74) is 1.20. The largest absolute Gasteiger partial charge is 0.497 e. The standard InChI is InChI=1S/C25H37N5O3S/c1-31-19-10-11-21(23(16-19)32-2)22-9-6-14-28(22)18-30-25(34)29(17-20-8-7-15-33-20)24(26-30)27-12-4-3-5-13-27/h10-11,16,20,22H,3-9,12-15,17-18H2,1-2H3/t20-,22+/m1/s1. The third kappa shape index (κ3) is 4.83. The van der Waals surface area contributed by atoms with Crippen LogP contribution in [0.2, 0.25) is 0 Å². The lowest BCUT2D eigenvalue weighted by molar-refractivity contribution is 0.0964. The van der Waals surface area contributed by atoms with Crippen molar-refractivity contribution in [1.82, 2.24) is 19.2 Å². The SMILES string of the molecule is COc1ccc([C@@H]2CCCN2Cn2nc(N3CCCCC3)n(C[C@H]3CCCO3)c2=S)c(OC)c1. The van der Waals surface area contributed by atoms with Gasteiger partial charge in [0.1, 0.15) is 11.5 Å². The lowest BCUT2D eigenvalue weighted by Gasteiger charge is -2.28. The van der Waals surface area contributed by atoms with E-state index < -0.39 is 0 Å². The maximum Gasteiger partial charge on any atom is 0.226 e. The lowest BCUT2D eigenvalue weighted by Crippen LogP contribution is -2.33. The van der Waals surface area contributed by atoms with Gasteiger partial charge in [-0.15, -0.1) is 5.10 Å². The van der Waals surface area contributed by atoms with E-state index in [1.54, 1.807) is 14.2 Å². The van der Waals surface area contributed by atoms with Crippen LogP contribution in [0.5, 0.6) is 11.5 Å². The van der Waals surface area contributed by atoms with Crippen molar-refractivity contribution in [3.63, 3.8) is 0 Å². The number of anilines is 1. The van der Waals surface area contributed by atoms with E-state index in [0.717, 1.165) is 80.7 Å². The zero-order chi connectivity index (χ0) is 23.5. The molecule has 0 unspecified atom stereocenters. The number of aromatic nitrogens is 3. The first-order valence-corrected chi connectivity index (χ1v) is 13.1. The second-order valence-corrected chi connectivity index (χ2v) is 9.96. The molecule has 3 fully saturated rings. The molecule has 8 nitrogen and oxygen atoms in total. The number of likely N-dealkylation sites (tertiary alicyclic amines) is 1. The number of rotatable bonds is 8. The van der Waals surface area contributed by atoms with Crippen molar-refractivity contribution >= 4 is 18.2 Å². The van der Waals surface area contributed by atoms with E-state index >= 15 is 0 Å². The van der Waals surface area contributed by atoms with Gasteiger partial charge in [0, 0.05) is 43.9 Å². The molecule has 9 heteroatoms. The zero-order valence-corrected chi connectivity index (χ0v) is 21.3. The Morgan fingerprint density at radius 2 is 1.88 bits per heavy atom. The molecule has 3 saturated heterocycles. The van der Waals surface area contributed by atoms with Crippen LogP contribution in [0, 0.1) is 4.77 Å². The Bertz CT molecular complexity index is 1030. The van der Waals surface area contributed by atoms with Crippen LogP contribution in [-0.2, 0) is 18.0 Å². The zero-order valence-electron chi connectivity index (χ0n) is 20.4. The summed E-state index contributed by atoms with van der Waals surface area (Å²) >= 11 is 6.00. The number of methoxy groups -OCH3 is 2. The van der Waals surface area contributed by atoms with E-state index in [1.807, 2.05) is 16.8 Å². The van der Waals surface area contributed by atoms with Gasteiger partial charge in [-0.2, -0.15) is 0 Å². The topological polar surface area (TPSA) is 56.9 Å². The Labute approximate surface area is 207 Å². The second kappa shape index (κ2) is 10.7. The number of piperidine rings is 1. The monoisotopic (exact) mass is 487 g/mol. The molecule has 0 N–H and O–H groups in total. The summed E-state index contributed by atoms with van der Waals surface area (Å²) in [5.74, 6) is 2.70. The van der Waals surface area contributed by atoms with E-state index in [1.165, 1.54) is 24.8 Å². The molecule has 186 valence electrons. The highest BCUT2D eigenvalue weighted by Crippen LogP contribution is 2.39. The molecule has 34 heavy (non-hydrogen) atoms. The smallest absolute Gasteiger partial charge is 0.226 e. The van der Waals surface area contributed by atoms with Crippen LogP contribution in [-0.4, -0.2) is 65.8 Å². The van der Waals surface area contributed by atoms with E-state index in [2.05, 4.69) is 20.4 Å². The van der Waals surface area contributed by atoms with Gasteiger partial charge in [0.2, 0.25) is 10.7 Å². The van der Waals surface area contributed by atoms with Crippen molar-refractivity contribution in [1.29, 1.82) is 0 Å². The molecule has 0 radical (unpaired) electrons. The van der Waals surface area contributed by atoms with Crippen molar-refractivity contribution in [2.45, 2.75) is 70.3 Å². The fourth-order valence-electron chi connectivity index (χ4n) is 5.61. The fourth-order valence-corrected chi connectivity index (χ4v) is 5.87. The normalized spacial score (nSPS) is 23.5. The molecule has 4 heterocycles. The predicted molar refractivity (Wildman–Crippen MR) is 134 cm³/mol. The summed E-state index contributed by atoms with van der Waals surface area (Å²) in [7, 11) is 3.41. The summed E-state index contributed by atoms with van der Waals surface area (Å²) in [5, 5.41) is 5.09. The first kappa shape index (κ1) is 23.6. The number of hydrogen-bond acceptors (Lipinski definition) is 7. The van der Waals surface area contributed by atoms with Gasteiger partial charge in [0.25, 0.3) is 0 Å². The van der Waals surface area contributed by atoms with Crippen LogP contribution in [0.4, 0.5) is 5.95 Å². The Hall–Kier alpha value is -2.10. The molecule has 0 saturated carbocycles. The summed E-state index contributed by atoms with van der Waals surface area (Å²) in [6.07, 6.45) is 8.41. The Morgan fingerprint density at radius 3 is 2.62 bits per heavy atom. The summed E-state index contributed by atoms with van der Waals surface area (Å²) in [6.45, 7) is 5.43. The fraction of sp³-hybridized carbons (Fsp3) is 0.680. The van der Waals surface area contributed by atoms with Crippen molar-refractivity contribution in [3.8, 4) is 11.5 Å². The van der Waals surface area contributed by atoms with Gasteiger partial charge >= 0.3 is 0 Å². The van der Waals surface area contributed by atoms with Gasteiger partial charge < -0.3 is 19.1 Å². The highest BCUT2D eigenvalue weighted by Gasteiger charge is 2.30. The Morgan fingerprint density at radius 1 is 1.03 bits per heavy atom. The predicted octanol–water partition coefficient (Wildman–Crippen LogP) is 4.40. The first-order valence-electron chi connectivity index (χ1n) is 12.7. The quantitative estimate of drug-likeness (QED) is 0.512. The summed E-state index contributed by atoms with van der Waals surface area (Å²) < 4.78 is 22.1. The molecule has 2 aromatic rings. The van der Waals surface area contributed by atoms with Crippen molar-refractivity contribution in [3.05, 3.63) is 28.5 Å². The van der Waals surface area contributed by atoms with Crippen LogP contribution in [0.1, 0.15) is 56.6 Å². The van der Waals surface area contributed by atoms with Crippen molar-refractivity contribution < 1.29 is 14.2 Å². The maximum atomic E-state index is 6.00. The third-order valence-electron chi connectivity index (χ3n) is 7.43. The maximum absolute atomic E-state index is 6.00. The molecule has 3 aliphatic heterocycles. The highest BCUT2D eigenvalue weighted by molar-refractivity contribution is 7.71. The molecular weight excluding hydrogens is 450 g/mol. The molecule has 1 aromatic carbocycles. The van der Waals surface area contributed by atoms with Gasteiger partial charge in [-0.25, -0.2) is 4.68 Å². The van der Waals surface area contributed by atoms with Crippen molar-refractivity contribution in [2.24, 2.45) is 0 Å². The average Bonchev–Trinajstić information content (AvgIpc) is 3.62. The average molecular weight is 488 g/mol. The lowest BCUT2D eigenvalue weighted by atomic mass is 10.0. The Balaban J connectivity index is 1.42. The van der Waals surface area contributed by atoms with Gasteiger partial charge in [-0.1, -0.05) is 6.07 Å². The minimum absolute atomic E-state index is 0.232. The molecule has 3 aliphatic rings. The van der Waals surface area contributed by atoms with Crippen LogP contribution >= 0.6 is 12.2 Å².